The third kappa shape index (κ3) is 2.41. The minimum atomic E-state index is -0.688. The van der Waals surface area contributed by atoms with Crippen LogP contribution in [-0.4, -0.2) is 9.13 Å². The predicted molar refractivity (Wildman–Crippen MR) is 117 cm³/mol. The monoisotopic (exact) mass is 418 g/mol. The quantitative estimate of drug-likeness (QED) is 0.429. The lowest BCUT2D eigenvalue weighted by Crippen LogP contribution is -2.25. The third-order valence-corrected chi connectivity index (χ3v) is 5.42. The van der Waals surface area contributed by atoms with Crippen LogP contribution in [0, 0.1) is 22.7 Å². The molecule has 0 unspecified atom stereocenters. The van der Waals surface area contributed by atoms with Crippen LogP contribution in [0.4, 0.5) is 0 Å². The van der Waals surface area contributed by atoms with E-state index in [1.807, 2.05) is 12.1 Å². The maximum Gasteiger partial charge on any atom is 0.266 e. The Kier molecular flexibility index (Phi) is 3.98. The second-order valence-corrected chi connectivity index (χ2v) is 7.09. The van der Waals surface area contributed by atoms with Gasteiger partial charge in [-0.05, 0) is 36.4 Å². The summed E-state index contributed by atoms with van der Waals surface area (Å²) in [5, 5.41) is 18.6. The smallest absolute Gasteiger partial charge is 0.266 e. The molecule has 0 radical (unpaired) electrons. The molecule has 0 fully saturated rings. The average Bonchev–Trinajstić information content (AvgIpc) is 3.21. The van der Waals surface area contributed by atoms with E-state index in [1.165, 1.54) is 36.4 Å². The fourth-order valence-corrected chi connectivity index (χ4v) is 3.94. The Balaban J connectivity index is 1.89. The first-order valence-corrected chi connectivity index (χ1v) is 9.41. The standard InChI is InChI=1S/C24H10N4O4/c25-11-13-5-1-3-7-19(13)27-21(29)15-9-17-18(10-16(15)22(27)30)24(32)28(23(17)31)20-8-4-2-6-14(20)12-26/h1-10H. The molecular weight excluding hydrogens is 408 g/mol. The second kappa shape index (κ2) is 6.73. The van der Waals surface area contributed by atoms with Gasteiger partial charge in [-0.3, -0.25) is 19.2 Å². The van der Waals surface area contributed by atoms with Gasteiger partial charge < -0.3 is 0 Å². The van der Waals surface area contributed by atoms with Crippen LogP contribution in [0.1, 0.15) is 11.1 Å². The Labute approximate surface area is 178 Å². The van der Waals surface area contributed by atoms with Gasteiger partial charge in [-0.1, -0.05) is 24.3 Å². The van der Waals surface area contributed by atoms with Gasteiger partial charge in [-0.2, -0.15) is 10.5 Å². The molecule has 3 aromatic carbocycles. The van der Waals surface area contributed by atoms with Crippen LogP contribution < -0.4 is 22.2 Å². The zero-order valence-corrected chi connectivity index (χ0v) is 16.2. The van der Waals surface area contributed by atoms with Crippen LogP contribution in [-0.2, 0) is 0 Å². The number of aromatic nitrogens is 2. The van der Waals surface area contributed by atoms with Gasteiger partial charge in [0.2, 0.25) is 0 Å². The molecule has 0 amide bonds. The fraction of sp³-hybridized carbons (Fsp3) is 0. The van der Waals surface area contributed by atoms with Crippen molar-refractivity contribution < 1.29 is 0 Å². The highest BCUT2D eigenvalue weighted by molar-refractivity contribution is 5.98. The molecule has 5 rings (SSSR count). The largest absolute Gasteiger partial charge is 0.268 e. The van der Waals surface area contributed by atoms with E-state index in [0.29, 0.717) is 0 Å². The van der Waals surface area contributed by atoms with Crippen LogP contribution >= 0.6 is 0 Å². The molecule has 0 N–H and O–H groups in total. The third-order valence-electron chi connectivity index (χ3n) is 5.42. The van der Waals surface area contributed by atoms with Gasteiger partial charge in [0, 0.05) is 0 Å². The van der Waals surface area contributed by atoms with Gasteiger partial charge in [0.25, 0.3) is 22.2 Å². The van der Waals surface area contributed by atoms with Crippen molar-refractivity contribution in [1.29, 1.82) is 10.5 Å². The minimum Gasteiger partial charge on any atom is -0.268 e. The molecule has 8 nitrogen and oxygen atoms in total. The highest BCUT2D eigenvalue weighted by atomic mass is 16.2. The van der Waals surface area contributed by atoms with Gasteiger partial charge >= 0.3 is 0 Å². The molecule has 0 aliphatic rings. The molecule has 0 aliphatic heterocycles. The van der Waals surface area contributed by atoms with Gasteiger partial charge in [-0.15, -0.1) is 0 Å². The summed E-state index contributed by atoms with van der Waals surface area (Å²) in [4.78, 5) is 52.2. The Morgan fingerprint density at radius 2 is 0.844 bits per heavy atom. The first kappa shape index (κ1) is 18.9. The lowest BCUT2D eigenvalue weighted by Gasteiger charge is -2.02. The summed E-state index contributed by atoms with van der Waals surface area (Å²) < 4.78 is 1.74. The van der Waals surface area contributed by atoms with Crippen molar-refractivity contribution in [3.63, 3.8) is 0 Å². The van der Waals surface area contributed by atoms with Crippen molar-refractivity contribution in [1.82, 2.24) is 9.13 Å². The first-order valence-electron chi connectivity index (χ1n) is 9.41. The summed E-state index contributed by atoms with van der Waals surface area (Å²) >= 11 is 0. The number of fused-ring (bicyclic) bond motifs is 2. The van der Waals surface area contributed by atoms with E-state index < -0.39 is 22.2 Å². The Morgan fingerprint density at radius 1 is 0.531 bits per heavy atom. The summed E-state index contributed by atoms with van der Waals surface area (Å²) in [5.41, 5.74) is -2.22. The molecule has 0 aliphatic carbocycles. The molecule has 5 aromatic rings. The molecule has 150 valence electrons. The lowest BCUT2D eigenvalue weighted by molar-refractivity contribution is 0.983. The van der Waals surface area contributed by atoms with E-state index in [4.69, 9.17) is 0 Å². The van der Waals surface area contributed by atoms with Crippen molar-refractivity contribution in [2.24, 2.45) is 0 Å². The Morgan fingerprint density at radius 3 is 1.16 bits per heavy atom. The number of hydrogen-bond acceptors (Lipinski definition) is 6. The summed E-state index contributed by atoms with van der Waals surface area (Å²) in [6, 6.07) is 18.7. The highest BCUT2D eigenvalue weighted by Gasteiger charge is 2.22. The van der Waals surface area contributed by atoms with Crippen molar-refractivity contribution in [2.75, 3.05) is 0 Å². The molecule has 0 spiro atoms. The van der Waals surface area contributed by atoms with E-state index in [9.17, 15) is 29.7 Å². The SMILES string of the molecule is N#Cc1ccccc1-n1c(=O)c2cc3c(=O)n(-c4ccccc4C#N)c(=O)c3cc2c1=O. The minimum absolute atomic E-state index is 0.0296. The van der Waals surface area contributed by atoms with Crippen molar-refractivity contribution in [3.8, 4) is 23.5 Å². The van der Waals surface area contributed by atoms with E-state index >= 15 is 0 Å². The summed E-state index contributed by atoms with van der Waals surface area (Å²) in [6.07, 6.45) is 0. The van der Waals surface area contributed by atoms with Gasteiger partial charge in [0.05, 0.1) is 44.0 Å². The maximum absolute atomic E-state index is 13.1. The maximum atomic E-state index is 13.1. The van der Waals surface area contributed by atoms with Crippen molar-refractivity contribution in [2.45, 2.75) is 0 Å². The van der Waals surface area contributed by atoms with E-state index in [2.05, 4.69) is 0 Å². The number of benzene rings is 3. The summed E-state index contributed by atoms with van der Waals surface area (Å²) in [6.45, 7) is 0. The molecule has 0 bridgehead atoms. The van der Waals surface area contributed by atoms with E-state index in [1.54, 1.807) is 24.3 Å². The Bertz CT molecular complexity index is 1670. The number of rotatable bonds is 2. The first-order chi connectivity index (χ1) is 15.5. The number of nitrogens with zero attached hydrogens (tertiary/aromatic N) is 4. The zero-order chi connectivity index (χ0) is 22.6. The topological polar surface area (TPSA) is 126 Å². The molecule has 8 heteroatoms. The van der Waals surface area contributed by atoms with Gasteiger partial charge in [0.1, 0.15) is 12.1 Å². The summed E-state index contributed by atoms with van der Waals surface area (Å²) in [7, 11) is 0. The van der Waals surface area contributed by atoms with Crippen LogP contribution in [0.25, 0.3) is 32.9 Å². The molecule has 32 heavy (non-hydrogen) atoms. The van der Waals surface area contributed by atoms with Crippen molar-refractivity contribution in [3.05, 3.63) is 113 Å². The van der Waals surface area contributed by atoms with Gasteiger partial charge in [-0.25, -0.2) is 9.13 Å². The second-order valence-electron chi connectivity index (χ2n) is 7.09. The number of nitriles is 2. The van der Waals surface area contributed by atoms with Gasteiger partial charge in [0.15, 0.2) is 0 Å². The van der Waals surface area contributed by atoms with E-state index in [-0.39, 0.29) is 44.0 Å². The van der Waals surface area contributed by atoms with E-state index in [0.717, 1.165) is 9.13 Å². The molecular formula is C24H10N4O4. The number of para-hydroxylation sites is 2. The Hall–Kier alpha value is -5.08. The molecule has 2 heterocycles. The molecule has 0 saturated heterocycles. The van der Waals surface area contributed by atoms with Crippen LogP contribution in [0.3, 0.4) is 0 Å². The normalized spacial score (nSPS) is 10.9. The zero-order valence-electron chi connectivity index (χ0n) is 16.2. The highest BCUT2D eigenvalue weighted by Crippen LogP contribution is 2.19. The molecule has 0 saturated carbocycles. The summed E-state index contributed by atoms with van der Waals surface area (Å²) in [5.74, 6) is 0. The molecule has 0 atom stereocenters. The molecule has 2 aromatic heterocycles. The van der Waals surface area contributed by atoms with Crippen LogP contribution in [0.15, 0.2) is 79.8 Å². The van der Waals surface area contributed by atoms with Crippen LogP contribution in [0.5, 0.6) is 0 Å². The fourth-order valence-electron chi connectivity index (χ4n) is 3.94. The lowest BCUT2D eigenvalue weighted by atomic mass is 10.1. The average molecular weight is 418 g/mol. The van der Waals surface area contributed by atoms with Crippen LogP contribution in [0.2, 0.25) is 0 Å². The predicted octanol–water partition coefficient (Wildman–Crippen LogP) is 1.63. The van der Waals surface area contributed by atoms with Crippen molar-refractivity contribution >= 4 is 21.5 Å². The number of hydrogen-bond donors (Lipinski definition) is 0.